The quantitative estimate of drug-likeness (QED) is 0.584. The molecule has 3 nitrogen and oxygen atoms in total. The molecule has 0 aliphatic carbocycles. The standard InChI is InChI=1S/C11H10N2OS/c1-12-14-7-11-13-10(8-15-11)9-5-3-2-4-6-9/h2-6,8H,1,7H2. The van der Waals surface area contributed by atoms with Gasteiger partial charge in [0.15, 0.2) is 6.61 Å². The molecule has 0 fully saturated rings. The molecule has 0 N–H and O–H groups in total. The maximum absolute atomic E-state index is 4.83. The Balaban J connectivity index is 2.17. The van der Waals surface area contributed by atoms with Gasteiger partial charge < -0.3 is 4.84 Å². The zero-order chi connectivity index (χ0) is 10.5. The molecule has 0 atom stereocenters. The molecule has 0 saturated heterocycles. The highest BCUT2D eigenvalue weighted by Crippen LogP contribution is 2.21. The average molecular weight is 218 g/mol. The first-order valence-corrected chi connectivity index (χ1v) is 5.36. The van der Waals surface area contributed by atoms with Crippen LogP contribution < -0.4 is 0 Å². The SMILES string of the molecule is C=NOCc1nc(-c2ccccc2)cs1. The van der Waals surface area contributed by atoms with Crippen LogP contribution in [0.5, 0.6) is 0 Å². The molecular formula is C11H10N2OS. The summed E-state index contributed by atoms with van der Waals surface area (Å²) in [5.41, 5.74) is 2.09. The molecule has 1 aromatic carbocycles. The third-order valence-corrected chi connectivity index (χ3v) is 2.72. The first kappa shape index (κ1) is 9.86. The predicted molar refractivity (Wildman–Crippen MR) is 61.9 cm³/mol. The van der Waals surface area contributed by atoms with Crippen molar-refractivity contribution in [2.45, 2.75) is 6.61 Å². The molecule has 2 rings (SSSR count). The van der Waals surface area contributed by atoms with Crippen LogP contribution in [0.25, 0.3) is 11.3 Å². The zero-order valence-corrected chi connectivity index (χ0v) is 8.91. The lowest BCUT2D eigenvalue weighted by Crippen LogP contribution is -1.85. The normalized spacial score (nSPS) is 9.87. The molecule has 4 heteroatoms. The Morgan fingerprint density at radius 3 is 2.87 bits per heavy atom. The van der Waals surface area contributed by atoms with Crippen LogP contribution >= 0.6 is 11.3 Å². The maximum Gasteiger partial charge on any atom is 0.168 e. The summed E-state index contributed by atoms with van der Waals surface area (Å²) in [6.45, 7) is 3.64. The molecule has 15 heavy (non-hydrogen) atoms. The number of nitrogens with zero attached hydrogens (tertiary/aromatic N) is 2. The minimum Gasteiger partial charge on any atom is -0.389 e. The summed E-state index contributed by atoms with van der Waals surface area (Å²) in [5, 5.41) is 6.24. The van der Waals surface area contributed by atoms with E-state index >= 15 is 0 Å². The number of hydrogen-bond donors (Lipinski definition) is 0. The van der Waals surface area contributed by atoms with E-state index in [0.29, 0.717) is 6.61 Å². The van der Waals surface area contributed by atoms with E-state index in [9.17, 15) is 0 Å². The highest BCUT2D eigenvalue weighted by atomic mass is 32.1. The van der Waals surface area contributed by atoms with Crippen LogP contribution in [0.3, 0.4) is 0 Å². The van der Waals surface area contributed by atoms with Gasteiger partial charge in [0.05, 0.1) is 5.69 Å². The Labute approximate surface area is 92.0 Å². The molecule has 0 radical (unpaired) electrons. The van der Waals surface area contributed by atoms with E-state index in [1.165, 1.54) is 0 Å². The van der Waals surface area contributed by atoms with Crippen LogP contribution in [0.4, 0.5) is 0 Å². The summed E-state index contributed by atoms with van der Waals surface area (Å²) >= 11 is 1.56. The van der Waals surface area contributed by atoms with Gasteiger partial charge in [-0.2, -0.15) is 0 Å². The Morgan fingerprint density at radius 1 is 1.33 bits per heavy atom. The van der Waals surface area contributed by atoms with Crippen LogP contribution in [0.2, 0.25) is 0 Å². The minimum atomic E-state index is 0.390. The van der Waals surface area contributed by atoms with Crippen LogP contribution in [0.15, 0.2) is 40.9 Å². The Bertz CT molecular complexity index is 439. The molecule has 0 unspecified atom stereocenters. The lowest BCUT2D eigenvalue weighted by atomic mass is 10.2. The van der Waals surface area contributed by atoms with Crippen molar-refractivity contribution in [2.75, 3.05) is 0 Å². The molecule has 0 aliphatic rings. The summed E-state index contributed by atoms with van der Waals surface area (Å²) in [5.74, 6) is 0. The Morgan fingerprint density at radius 2 is 2.13 bits per heavy atom. The smallest absolute Gasteiger partial charge is 0.168 e. The fourth-order valence-electron chi connectivity index (χ4n) is 1.22. The summed E-state index contributed by atoms with van der Waals surface area (Å²) in [7, 11) is 0. The zero-order valence-electron chi connectivity index (χ0n) is 8.09. The van der Waals surface area contributed by atoms with Crippen molar-refractivity contribution < 1.29 is 4.84 Å². The average Bonchev–Trinajstić information content (AvgIpc) is 2.76. The highest BCUT2D eigenvalue weighted by molar-refractivity contribution is 7.09. The molecule has 2 aromatic rings. The van der Waals surface area contributed by atoms with Gasteiger partial charge in [-0.3, -0.25) is 0 Å². The second kappa shape index (κ2) is 4.70. The van der Waals surface area contributed by atoms with Gasteiger partial charge in [0, 0.05) is 17.7 Å². The van der Waals surface area contributed by atoms with Gasteiger partial charge >= 0.3 is 0 Å². The third-order valence-electron chi connectivity index (χ3n) is 1.90. The fraction of sp³-hybridized carbons (Fsp3) is 0.0909. The lowest BCUT2D eigenvalue weighted by molar-refractivity contribution is 0.133. The van der Waals surface area contributed by atoms with Crippen LogP contribution in [0, 0.1) is 0 Å². The minimum absolute atomic E-state index is 0.390. The summed E-state index contributed by atoms with van der Waals surface area (Å²) in [6, 6.07) is 10.0. The van der Waals surface area contributed by atoms with Gasteiger partial charge in [0.25, 0.3) is 0 Å². The number of thiazole rings is 1. The monoisotopic (exact) mass is 218 g/mol. The first-order valence-electron chi connectivity index (χ1n) is 4.48. The van der Waals surface area contributed by atoms with E-state index in [1.807, 2.05) is 35.7 Å². The third kappa shape index (κ3) is 2.41. The molecule has 0 saturated carbocycles. The van der Waals surface area contributed by atoms with Gasteiger partial charge in [-0.15, -0.1) is 16.5 Å². The van der Waals surface area contributed by atoms with Gasteiger partial charge in [-0.1, -0.05) is 30.3 Å². The van der Waals surface area contributed by atoms with Crippen molar-refractivity contribution in [1.82, 2.24) is 4.98 Å². The van der Waals surface area contributed by atoms with Gasteiger partial charge in [-0.05, 0) is 0 Å². The molecule has 0 bridgehead atoms. The van der Waals surface area contributed by atoms with Crippen LogP contribution in [-0.2, 0) is 11.4 Å². The number of rotatable bonds is 4. The molecule has 1 heterocycles. The van der Waals surface area contributed by atoms with Crippen LogP contribution in [-0.4, -0.2) is 11.7 Å². The Hall–Kier alpha value is -1.68. The summed E-state index contributed by atoms with van der Waals surface area (Å²) in [4.78, 5) is 9.25. The molecule has 76 valence electrons. The summed E-state index contributed by atoms with van der Waals surface area (Å²) < 4.78 is 0. The molecular weight excluding hydrogens is 208 g/mol. The van der Waals surface area contributed by atoms with Crippen molar-refractivity contribution in [1.29, 1.82) is 0 Å². The first-order chi connectivity index (χ1) is 7.40. The van der Waals surface area contributed by atoms with Gasteiger partial charge in [0.2, 0.25) is 0 Å². The second-order valence-corrected chi connectivity index (χ2v) is 3.84. The maximum atomic E-state index is 4.83. The lowest BCUT2D eigenvalue weighted by Gasteiger charge is -1.94. The van der Waals surface area contributed by atoms with E-state index in [2.05, 4.69) is 16.9 Å². The number of hydrogen-bond acceptors (Lipinski definition) is 4. The largest absolute Gasteiger partial charge is 0.389 e. The van der Waals surface area contributed by atoms with Gasteiger partial charge in [0.1, 0.15) is 5.01 Å². The highest BCUT2D eigenvalue weighted by Gasteiger charge is 2.03. The van der Waals surface area contributed by atoms with E-state index in [4.69, 9.17) is 4.84 Å². The van der Waals surface area contributed by atoms with E-state index < -0.39 is 0 Å². The van der Waals surface area contributed by atoms with Crippen molar-refractivity contribution in [3.63, 3.8) is 0 Å². The number of aromatic nitrogens is 1. The van der Waals surface area contributed by atoms with Crippen molar-refractivity contribution in [3.8, 4) is 11.3 Å². The van der Waals surface area contributed by atoms with Crippen LogP contribution in [0.1, 0.15) is 5.01 Å². The molecule has 0 aliphatic heterocycles. The van der Waals surface area contributed by atoms with Gasteiger partial charge in [-0.25, -0.2) is 4.98 Å². The number of oxime groups is 1. The van der Waals surface area contributed by atoms with E-state index in [0.717, 1.165) is 16.3 Å². The van der Waals surface area contributed by atoms with Crippen molar-refractivity contribution >= 4 is 18.1 Å². The molecule has 0 amide bonds. The Kier molecular flexibility index (Phi) is 3.09. The van der Waals surface area contributed by atoms with Crippen molar-refractivity contribution in [3.05, 3.63) is 40.7 Å². The predicted octanol–water partition coefficient (Wildman–Crippen LogP) is 2.94. The topological polar surface area (TPSA) is 34.5 Å². The van der Waals surface area contributed by atoms with Crippen molar-refractivity contribution in [2.24, 2.45) is 5.16 Å². The fourth-order valence-corrected chi connectivity index (χ4v) is 1.93. The molecule has 0 spiro atoms. The summed E-state index contributed by atoms with van der Waals surface area (Å²) in [6.07, 6.45) is 0. The second-order valence-electron chi connectivity index (χ2n) is 2.90. The molecule has 1 aromatic heterocycles. The van der Waals surface area contributed by atoms with E-state index in [-0.39, 0.29) is 0 Å². The van der Waals surface area contributed by atoms with E-state index in [1.54, 1.807) is 11.3 Å². The number of benzene rings is 1.